The van der Waals surface area contributed by atoms with Gasteiger partial charge in [0.15, 0.2) is 0 Å². The Balaban J connectivity index is 1.28. The number of nitrogens with zero attached hydrogens (tertiary/aromatic N) is 1. The van der Waals surface area contributed by atoms with Gasteiger partial charge in [-0.3, -0.25) is 9.69 Å². The van der Waals surface area contributed by atoms with Crippen LogP contribution in [0.5, 0.6) is 0 Å². The smallest absolute Gasteiger partial charge is 0.410 e. The number of ether oxygens (including phenoxy) is 1. The van der Waals surface area contributed by atoms with Crippen molar-refractivity contribution in [1.82, 2.24) is 15.5 Å². The van der Waals surface area contributed by atoms with Gasteiger partial charge in [0, 0.05) is 36.5 Å². The molecule has 2 amide bonds. The summed E-state index contributed by atoms with van der Waals surface area (Å²) in [6.07, 6.45) is 2.36. The molecule has 4 rings (SSSR count). The predicted octanol–water partition coefficient (Wildman–Crippen LogP) is 2.09. The first-order chi connectivity index (χ1) is 12.9. The van der Waals surface area contributed by atoms with E-state index in [0.717, 1.165) is 12.0 Å². The van der Waals surface area contributed by atoms with Crippen molar-refractivity contribution in [3.8, 4) is 0 Å². The summed E-state index contributed by atoms with van der Waals surface area (Å²) in [5.74, 6) is -0.0572. The molecule has 3 aliphatic rings. The lowest BCUT2D eigenvalue weighted by Gasteiger charge is -2.19. The molecule has 27 heavy (non-hydrogen) atoms. The van der Waals surface area contributed by atoms with Gasteiger partial charge in [-0.1, -0.05) is 18.2 Å². The van der Waals surface area contributed by atoms with E-state index in [0.29, 0.717) is 31.0 Å². The highest BCUT2D eigenvalue weighted by Gasteiger charge is 2.50. The van der Waals surface area contributed by atoms with Gasteiger partial charge in [-0.25, -0.2) is 9.18 Å². The molecule has 0 unspecified atom stereocenters. The molecule has 1 aromatic carbocycles. The molecular formula is C20H24FN3O3. The summed E-state index contributed by atoms with van der Waals surface area (Å²) in [7, 11) is 0. The summed E-state index contributed by atoms with van der Waals surface area (Å²) in [6.45, 7) is 6.77. The summed E-state index contributed by atoms with van der Waals surface area (Å²) >= 11 is 0. The van der Waals surface area contributed by atoms with Crippen molar-refractivity contribution in [2.24, 2.45) is 5.92 Å². The van der Waals surface area contributed by atoms with Crippen LogP contribution in [0.15, 0.2) is 30.9 Å². The number of carbonyl (C=O) groups is 2. The molecular weight excluding hydrogens is 349 g/mol. The van der Waals surface area contributed by atoms with Gasteiger partial charge in [-0.2, -0.15) is 0 Å². The summed E-state index contributed by atoms with van der Waals surface area (Å²) in [5.41, 5.74) is 1.15. The zero-order valence-electron chi connectivity index (χ0n) is 15.3. The lowest BCUT2D eigenvalue weighted by molar-refractivity contribution is -0.123. The third kappa shape index (κ3) is 3.43. The number of hydrogen-bond acceptors (Lipinski definition) is 4. The van der Waals surface area contributed by atoms with E-state index in [9.17, 15) is 14.0 Å². The second kappa shape index (κ2) is 6.64. The van der Waals surface area contributed by atoms with Gasteiger partial charge < -0.3 is 15.4 Å². The molecule has 0 aromatic heterocycles. The van der Waals surface area contributed by atoms with Crippen LogP contribution < -0.4 is 10.6 Å². The maximum Gasteiger partial charge on any atom is 0.410 e. The molecule has 1 aliphatic carbocycles. The lowest BCUT2D eigenvalue weighted by Crippen LogP contribution is -2.46. The van der Waals surface area contributed by atoms with Crippen LogP contribution in [0.4, 0.5) is 9.18 Å². The molecule has 2 aliphatic heterocycles. The molecule has 0 spiro atoms. The summed E-state index contributed by atoms with van der Waals surface area (Å²) < 4.78 is 19.4. The Morgan fingerprint density at radius 3 is 2.96 bits per heavy atom. The van der Waals surface area contributed by atoms with E-state index in [1.165, 1.54) is 11.0 Å². The van der Waals surface area contributed by atoms with Crippen LogP contribution in [0.1, 0.15) is 30.9 Å². The number of hydrogen-bond donors (Lipinski definition) is 2. The maximum absolute atomic E-state index is 13.8. The Kier molecular flexibility index (Phi) is 4.42. The van der Waals surface area contributed by atoms with Crippen LogP contribution in [0.3, 0.4) is 0 Å². The first-order valence-electron chi connectivity index (χ1n) is 9.29. The van der Waals surface area contributed by atoms with Crippen molar-refractivity contribution in [2.75, 3.05) is 6.54 Å². The van der Waals surface area contributed by atoms with E-state index in [1.54, 1.807) is 6.07 Å². The van der Waals surface area contributed by atoms with Crippen LogP contribution >= 0.6 is 0 Å². The first-order valence-corrected chi connectivity index (χ1v) is 9.29. The summed E-state index contributed by atoms with van der Waals surface area (Å²) in [6, 6.07) is 4.48. The third-order valence-electron chi connectivity index (χ3n) is 5.85. The Morgan fingerprint density at radius 2 is 2.26 bits per heavy atom. The minimum absolute atomic E-state index is 0.0731. The molecule has 2 N–H and O–H groups in total. The molecule has 2 heterocycles. The monoisotopic (exact) mass is 373 g/mol. The van der Waals surface area contributed by atoms with Crippen molar-refractivity contribution >= 4 is 12.0 Å². The van der Waals surface area contributed by atoms with Crippen molar-refractivity contribution in [3.05, 3.63) is 47.8 Å². The number of amides is 2. The SMILES string of the molecule is C=C[C@@H]1C[C@@]1(C)NC(=O)[C@@H]1C[C@@H](OC(=O)N2Cc3cccc(F)c3C2)CN1. The molecule has 6 nitrogen and oxygen atoms in total. The van der Waals surface area contributed by atoms with Crippen molar-refractivity contribution in [2.45, 2.75) is 50.5 Å². The standard InChI is InChI=1S/C20H24FN3O3/c1-3-13-8-20(13,2)23-18(25)17-7-14(9-22-17)27-19(26)24-10-12-5-4-6-16(21)15(12)11-24/h3-6,13-14,17,22H,1,7-11H2,2H3,(H,23,25)/t13-,14-,17+,20-/m1/s1. The highest BCUT2D eigenvalue weighted by Crippen LogP contribution is 2.43. The third-order valence-corrected chi connectivity index (χ3v) is 5.85. The average molecular weight is 373 g/mol. The van der Waals surface area contributed by atoms with Gasteiger partial charge in [0.2, 0.25) is 5.91 Å². The first kappa shape index (κ1) is 18.0. The van der Waals surface area contributed by atoms with Gasteiger partial charge in [0.05, 0.1) is 12.6 Å². The second-order valence-electron chi connectivity index (χ2n) is 7.89. The molecule has 1 saturated carbocycles. The number of halogens is 1. The Morgan fingerprint density at radius 1 is 1.44 bits per heavy atom. The van der Waals surface area contributed by atoms with Gasteiger partial charge in [-0.05, 0) is 25.0 Å². The molecule has 0 radical (unpaired) electrons. The van der Waals surface area contributed by atoms with Gasteiger partial charge in [0.25, 0.3) is 0 Å². The van der Waals surface area contributed by atoms with Crippen molar-refractivity contribution in [3.63, 3.8) is 0 Å². The largest absolute Gasteiger partial charge is 0.445 e. The molecule has 1 aromatic rings. The van der Waals surface area contributed by atoms with E-state index >= 15 is 0 Å². The minimum atomic E-state index is -0.473. The zero-order chi connectivity index (χ0) is 19.2. The highest BCUT2D eigenvalue weighted by atomic mass is 19.1. The Labute approximate surface area is 157 Å². The van der Waals surface area contributed by atoms with Crippen LogP contribution in [-0.2, 0) is 22.6 Å². The number of carbonyl (C=O) groups excluding carboxylic acids is 2. The van der Waals surface area contributed by atoms with Gasteiger partial charge in [-0.15, -0.1) is 6.58 Å². The predicted molar refractivity (Wildman–Crippen MR) is 97.2 cm³/mol. The average Bonchev–Trinajstić information content (AvgIpc) is 3.01. The fourth-order valence-corrected chi connectivity index (χ4v) is 3.97. The van der Waals surface area contributed by atoms with E-state index < -0.39 is 6.09 Å². The van der Waals surface area contributed by atoms with Crippen molar-refractivity contribution < 1.29 is 18.7 Å². The lowest BCUT2D eigenvalue weighted by atomic mass is 10.1. The number of fused-ring (bicyclic) bond motifs is 1. The van der Waals surface area contributed by atoms with Crippen molar-refractivity contribution in [1.29, 1.82) is 0 Å². The summed E-state index contributed by atoms with van der Waals surface area (Å²) in [5, 5.41) is 6.17. The normalized spacial score (nSPS) is 31.3. The molecule has 0 bridgehead atoms. The molecule has 4 atom stereocenters. The summed E-state index contributed by atoms with van der Waals surface area (Å²) in [4.78, 5) is 26.3. The molecule has 7 heteroatoms. The van der Waals surface area contributed by atoms with E-state index in [1.807, 2.05) is 19.1 Å². The number of benzene rings is 1. The van der Waals surface area contributed by atoms with Gasteiger partial charge in [0.1, 0.15) is 11.9 Å². The molecule has 144 valence electrons. The number of nitrogens with one attached hydrogen (secondary N) is 2. The molecule has 2 fully saturated rings. The highest BCUT2D eigenvalue weighted by molar-refractivity contribution is 5.83. The Bertz CT molecular complexity index is 799. The van der Waals surface area contributed by atoms with E-state index in [2.05, 4.69) is 17.2 Å². The second-order valence-corrected chi connectivity index (χ2v) is 7.89. The maximum atomic E-state index is 13.8. The number of rotatable bonds is 4. The zero-order valence-corrected chi connectivity index (χ0v) is 15.3. The Hall–Kier alpha value is -2.41. The fourth-order valence-electron chi connectivity index (χ4n) is 3.97. The molecule has 1 saturated heterocycles. The minimum Gasteiger partial charge on any atom is -0.445 e. The fraction of sp³-hybridized carbons (Fsp3) is 0.500. The van der Waals surface area contributed by atoms with E-state index in [4.69, 9.17) is 4.74 Å². The quantitative estimate of drug-likeness (QED) is 0.793. The topological polar surface area (TPSA) is 70.7 Å². The van der Waals surface area contributed by atoms with Crippen LogP contribution in [0.25, 0.3) is 0 Å². The van der Waals surface area contributed by atoms with Crippen LogP contribution in [0.2, 0.25) is 0 Å². The van der Waals surface area contributed by atoms with E-state index in [-0.39, 0.29) is 36.0 Å². The van der Waals surface area contributed by atoms with Crippen LogP contribution in [-0.4, -0.2) is 41.1 Å². The van der Waals surface area contributed by atoms with Crippen LogP contribution in [0, 0.1) is 11.7 Å². The van der Waals surface area contributed by atoms with Gasteiger partial charge >= 0.3 is 6.09 Å².